The van der Waals surface area contributed by atoms with E-state index in [1.54, 1.807) is 10.4 Å². The van der Waals surface area contributed by atoms with Crippen LogP contribution in [0.3, 0.4) is 0 Å². The molecule has 0 bridgehead atoms. The highest BCUT2D eigenvalue weighted by molar-refractivity contribution is 9.10. The summed E-state index contributed by atoms with van der Waals surface area (Å²) in [6, 6.07) is 5.23. The molecule has 1 fully saturated rings. The largest absolute Gasteiger partial charge is 0.329 e. The normalized spacial score (nSPS) is 20.4. The number of hydrogen-bond donors (Lipinski definition) is 1. The van der Waals surface area contributed by atoms with Crippen molar-refractivity contribution < 1.29 is 8.42 Å². The first kappa shape index (κ1) is 17.9. The summed E-state index contributed by atoms with van der Waals surface area (Å²) in [5, 5.41) is 0. The predicted molar refractivity (Wildman–Crippen MR) is 86.7 cm³/mol. The summed E-state index contributed by atoms with van der Waals surface area (Å²) >= 11 is 3.35. The molecule has 4 nitrogen and oxygen atoms in total. The maximum atomic E-state index is 12.7. The molecule has 20 heavy (non-hydrogen) atoms. The number of hydrogen-bond acceptors (Lipinski definition) is 3. The molecule has 114 valence electrons. The zero-order chi connectivity index (χ0) is 14.0. The molecule has 1 aromatic rings. The van der Waals surface area contributed by atoms with E-state index in [0.717, 1.165) is 24.8 Å². The zero-order valence-electron chi connectivity index (χ0n) is 11.4. The van der Waals surface area contributed by atoms with Gasteiger partial charge in [0.25, 0.3) is 0 Å². The molecule has 1 aliphatic heterocycles. The summed E-state index contributed by atoms with van der Waals surface area (Å²) in [5.74, 6) is 0. The third-order valence-corrected chi connectivity index (χ3v) is 6.45. The summed E-state index contributed by atoms with van der Waals surface area (Å²) in [6.07, 6.45) is 2.79. The Kier molecular flexibility index (Phi) is 6.47. The van der Waals surface area contributed by atoms with Gasteiger partial charge in [0, 0.05) is 23.6 Å². The molecular formula is C13H20BrClN2O2S. The topological polar surface area (TPSA) is 63.4 Å². The fourth-order valence-corrected chi connectivity index (χ4v) is 5.33. The number of halogens is 2. The van der Waals surface area contributed by atoms with E-state index >= 15 is 0 Å². The van der Waals surface area contributed by atoms with Gasteiger partial charge in [0.05, 0.1) is 4.90 Å². The van der Waals surface area contributed by atoms with Crippen LogP contribution in [0.5, 0.6) is 0 Å². The van der Waals surface area contributed by atoms with E-state index in [9.17, 15) is 8.42 Å². The van der Waals surface area contributed by atoms with Crippen LogP contribution in [0.4, 0.5) is 0 Å². The van der Waals surface area contributed by atoms with Gasteiger partial charge < -0.3 is 5.73 Å². The number of benzene rings is 1. The Balaban J connectivity index is 0.00000200. The second-order valence-electron chi connectivity index (χ2n) is 4.93. The molecule has 0 aliphatic carbocycles. The van der Waals surface area contributed by atoms with Crippen molar-refractivity contribution in [2.24, 2.45) is 5.73 Å². The molecule has 0 saturated carbocycles. The van der Waals surface area contributed by atoms with E-state index in [-0.39, 0.29) is 18.4 Å². The van der Waals surface area contributed by atoms with Gasteiger partial charge in [-0.2, -0.15) is 4.31 Å². The molecule has 1 aromatic carbocycles. The summed E-state index contributed by atoms with van der Waals surface area (Å²) in [5.41, 5.74) is 6.74. The molecule has 0 spiro atoms. The van der Waals surface area contributed by atoms with Crippen molar-refractivity contribution in [2.75, 3.05) is 13.1 Å². The average molecular weight is 384 g/mol. The van der Waals surface area contributed by atoms with Crippen LogP contribution in [-0.2, 0) is 10.0 Å². The van der Waals surface area contributed by atoms with Crippen LogP contribution in [0.2, 0.25) is 0 Å². The van der Waals surface area contributed by atoms with Gasteiger partial charge in [-0.05, 0) is 53.4 Å². The van der Waals surface area contributed by atoms with Gasteiger partial charge in [-0.15, -0.1) is 12.4 Å². The van der Waals surface area contributed by atoms with Crippen molar-refractivity contribution >= 4 is 38.4 Å². The number of nitrogens with two attached hydrogens (primary N) is 1. The lowest BCUT2D eigenvalue weighted by Gasteiger charge is -2.34. The summed E-state index contributed by atoms with van der Waals surface area (Å²) < 4.78 is 27.6. The number of rotatable bonds is 3. The van der Waals surface area contributed by atoms with Gasteiger partial charge >= 0.3 is 0 Å². The molecule has 0 aromatic heterocycles. The number of sulfonamides is 1. The lowest BCUT2D eigenvalue weighted by Crippen LogP contribution is -2.47. The first-order chi connectivity index (χ1) is 8.96. The molecule has 0 radical (unpaired) electrons. The molecule has 1 saturated heterocycles. The fourth-order valence-electron chi connectivity index (χ4n) is 2.47. The van der Waals surface area contributed by atoms with Crippen LogP contribution in [0.15, 0.2) is 27.6 Å². The van der Waals surface area contributed by atoms with E-state index < -0.39 is 10.0 Å². The van der Waals surface area contributed by atoms with E-state index in [0.29, 0.717) is 22.5 Å². The minimum Gasteiger partial charge on any atom is -0.329 e. The smallest absolute Gasteiger partial charge is 0.244 e. The second-order valence-corrected chi connectivity index (χ2v) is 7.65. The Bertz CT molecular complexity index is 565. The minimum absolute atomic E-state index is 0. The monoisotopic (exact) mass is 382 g/mol. The molecule has 1 aliphatic rings. The van der Waals surface area contributed by atoms with Gasteiger partial charge in [0.1, 0.15) is 0 Å². The van der Waals surface area contributed by atoms with Crippen LogP contribution in [0.1, 0.15) is 24.8 Å². The Morgan fingerprint density at radius 3 is 2.70 bits per heavy atom. The van der Waals surface area contributed by atoms with Crippen molar-refractivity contribution in [3.63, 3.8) is 0 Å². The SMILES string of the molecule is Cc1ccc(S(=O)(=O)N2CCCCC2CN)c(Br)c1.Cl. The van der Waals surface area contributed by atoms with Crippen molar-refractivity contribution in [1.82, 2.24) is 4.31 Å². The minimum atomic E-state index is -3.46. The Morgan fingerprint density at radius 1 is 1.40 bits per heavy atom. The van der Waals surface area contributed by atoms with Crippen molar-refractivity contribution in [3.8, 4) is 0 Å². The van der Waals surface area contributed by atoms with Gasteiger partial charge in [-0.1, -0.05) is 12.5 Å². The van der Waals surface area contributed by atoms with Crippen molar-refractivity contribution in [2.45, 2.75) is 37.1 Å². The van der Waals surface area contributed by atoms with Gasteiger partial charge in [0.2, 0.25) is 10.0 Å². The van der Waals surface area contributed by atoms with Crippen molar-refractivity contribution in [1.29, 1.82) is 0 Å². The Morgan fingerprint density at radius 2 is 2.10 bits per heavy atom. The van der Waals surface area contributed by atoms with Crippen LogP contribution in [0.25, 0.3) is 0 Å². The van der Waals surface area contributed by atoms with E-state index in [4.69, 9.17) is 5.73 Å². The zero-order valence-corrected chi connectivity index (χ0v) is 14.6. The number of nitrogens with zero attached hydrogens (tertiary/aromatic N) is 1. The molecule has 7 heteroatoms. The number of aryl methyl sites for hydroxylation is 1. The van der Waals surface area contributed by atoms with E-state index in [2.05, 4.69) is 15.9 Å². The van der Waals surface area contributed by atoms with Crippen LogP contribution in [-0.4, -0.2) is 31.9 Å². The third-order valence-electron chi connectivity index (χ3n) is 3.52. The summed E-state index contributed by atoms with van der Waals surface area (Å²) in [7, 11) is -3.46. The lowest BCUT2D eigenvalue weighted by molar-refractivity contribution is 0.257. The highest BCUT2D eigenvalue weighted by Crippen LogP contribution is 2.30. The highest BCUT2D eigenvalue weighted by atomic mass is 79.9. The van der Waals surface area contributed by atoms with E-state index in [1.165, 1.54) is 0 Å². The molecule has 2 N–H and O–H groups in total. The van der Waals surface area contributed by atoms with Gasteiger partial charge in [-0.3, -0.25) is 0 Å². The summed E-state index contributed by atoms with van der Waals surface area (Å²) in [4.78, 5) is 0.332. The highest BCUT2D eigenvalue weighted by Gasteiger charge is 2.33. The maximum absolute atomic E-state index is 12.7. The Labute approximate surface area is 135 Å². The van der Waals surface area contributed by atoms with Crippen LogP contribution < -0.4 is 5.73 Å². The van der Waals surface area contributed by atoms with E-state index in [1.807, 2.05) is 19.1 Å². The summed E-state index contributed by atoms with van der Waals surface area (Å²) in [6.45, 7) is 2.87. The predicted octanol–water partition coefficient (Wildman–Crippen LogP) is 2.68. The molecule has 1 atom stereocenters. The van der Waals surface area contributed by atoms with Gasteiger partial charge in [-0.25, -0.2) is 8.42 Å². The quantitative estimate of drug-likeness (QED) is 0.873. The molecular weight excluding hydrogens is 364 g/mol. The second kappa shape index (κ2) is 7.22. The van der Waals surface area contributed by atoms with Crippen LogP contribution in [0, 0.1) is 6.92 Å². The van der Waals surface area contributed by atoms with Gasteiger partial charge in [0.15, 0.2) is 0 Å². The first-order valence-corrected chi connectivity index (χ1v) is 8.68. The standard InChI is InChI=1S/C13H19BrN2O2S.ClH/c1-10-5-6-13(12(14)8-10)19(17,18)16-7-3-2-4-11(16)9-15;/h5-6,8,11H,2-4,7,9,15H2,1H3;1H. The molecule has 1 heterocycles. The molecule has 2 rings (SSSR count). The maximum Gasteiger partial charge on any atom is 0.244 e. The first-order valence-electron chi connectivity index (χ1n) is 6.45. The fraction of sp³-hybridized carbons (Fsp3) is 0.538. The lowest BCUT2D eigenvalue weighted by atomic mass is 10.1. The average Bonchev–Trinajstić information content (AvgIpc) is 2.38. The molecule has 1 unspecified atom stereocenters. The third kappa shape index (κ3) is 3.54. The van der Waals surface area contributed by atoms with Crippen LogP contribution >= 0.6 is 28.3 Å². The van der Waals surface area contributed by atoms with Crippen molar-refractivity contribution in [3.05, 3.63) is 28.2 Å². The number of piperidine rings is 1. The molecule has 0 amide bonds. The Hall–Kier alpha value is -0.140.